The summed E-state index contributed by atoms with van der Waals surface area (Å²) >= 11 is 0. The van der Waals surface area contributed by atoms with E-state index in [1.54, 1.807) is 23.3 Å². The van der Waals surface area contributed by atoms with Gasteiger partial charge in [0.25, 0.3) is 5.89 Å². The molecule has 1 amide bonds. The van der Waals surface area contributed by atoms with Gasteiger partial charge in [-0.15, -0.1) is 0 Å². The van der Waals surface area contributed by atoms with Gasteiger partial charge in [0.15, 0.2) is 5.82 Å². The molecule has 0 aromatic carbocycles. The lowest BCUT2D eigenvalue weighted by atomic mass is 10.1. The van der Waals surface area contributed by atoms with Crippen molar-refractivity contribution in [1.29, 1.82) is 0 Å². The van der Waals surface area contributed by atoms with E-state index in [4.69, 9.17) is 9.26 Å². The summed E-state index contributed by atoms with van der Waals surface area (Å²) in [7, 11) is 0. The lowest BCUT2D eigenvalue weighted by Crippen LogP contribution is -2.44. The number of imidazole rings is 1. The summed E-state index contributed by atoms with van der Waals surface area (Å²) in [5, 5.41) is 3.99. The summed E-state index contributed by atoms with van der Waals surface area (Å²) in [4.78, 5) is 22.5. The number of carbonyl (C=O) groups is 1. The lowest BCUT2D eigenvalue weighted by molar-refractivity contribution is -0.136. The number of likely N-dealkylation sites (tertiary alicyclic amines) is 1. The Kier molecular flexibility index (Phi) is 4.29. The molecule has 0 N–H and O–H groups in total. The number of hydrogen-bond donors (Lipinski definition) is 0. The van der Waals surface area contributed by atoms with Crippen molar-refractivity contribution in [3.05, 3.63) is 30.4 Å². The fraction of sp³-hybridized carbons (Fsp3) is 0.625. The smallest absolute Gasteiger partial charge is 0.252 e. The van der Waals surface area contributed by atoms with Crippen LogP contribution in [-0.2, 0) is 22.7 Å². The quantitative estimate of drug-likeness (QED) is 0.794. The molecule has 0 radical (unpaired) electrons. The van der Waals surface area contributed by atoms with Crippen LogP contribution in [0, 0.1) is 0 Å². The standard InChI is InChI=1S/C16H21N5O3/c22-15(9-20-7-5-17-11-20)21-6-1-2-13(8-21)23-10-14-18-16(19-24-14)12-3-4-12/h5,7,11-13H,1-4,6,8-10H2. The maximum absolute atomic E-state index is 12.4. The summed E-state index contributed by atoms with van der Waals surface area (Å²) in [6, 6.07) is 0. The number of nitrogens with zero attached hydrogens (tertiary/aromatic N) is 5. The highest BCUT2D eigenvalue weighted by atomic mass is 16.5. The summed E-state index contributed by atoms with van der Waals surface area (Å²) < 4.78 is 12.9. The molecular formula is C16H21N5O3. The Morgan fingerprint density at radius 3 is 3.08 bits per heavy atom. The van der Waals surface area contributed by atoms with Crippen molar-refractivity contribution in [1.82, 2.24) is 24.6 Å². The number of ether oxygens (including phenoxy) is 1. The Labute approximate surface area is 139 Å². The molecule has 4 rings (SSSR count). The van der Waals surface area contributed by atoms with E-state index in [1.807, 2.05) is 4.90 Å². The van der Waals surface area contributed by atoms with Gasteiger partial charge in [-0.3, -0.25) is 4.79 Å². The Hall–Kier alpha value is -2.22. The average Bonchev–Trinajstić information content (AvgIpc) is 3.13. The Bertz CT molecular complexity index is 680. The molecule has 8 nitrogen and oxygen atoms in total. The van der Waals surface area contributed by atoms with Crippen LogP contribution >= 0.6 is 0 Å². The van der Waals surface area contributed by atoms with Gasteiger partial charge in [0.1, 0.15) is 13.2 Å². The van der Waals surface area contributed by atoms with Gasteiger partial charge < -0.3 is 18.7 Å². The second-order valence-electron chi connectivity index (χ2n) is 6.47. The van der Waals surface area contributed by atoms with E-state index >= 15 is 0 Å². The number of hydrogen-bond acceptors (Lipinski definition) is 6. The summed E-state index contributed by atoms with van der Waals surface area (Å²) in [6.45, 7) is 2.02. The molecule has 0 bridgehead atoms. The maximum atomic E-state index is 12.4. The molecule has 1 saturated carbocycles. The van der Waals surface area contributed by atoms with Crippen molar-refractivity contribution in [3.63, 3.8) is 0 Å². The predicted molar refractivity (Wildman–Crippen MR) is 82.9 cm³/mol. The number of carbonyl (C=O) groups excluding carboxylic acids is 1. The highest BCUT2D eigenvalue weighted by Gasteiger charge is 2.29. The summed E-state index contributed by atoms with van der Waals surface area (Å²) in [5.41, 5.74) is 0. The molecule has 2 aromatic rings. The minimum Gasteiger partial charge on any atom is -0.367 e. The minimum absolute atomic E-state index is 0.0155. The molecule has 2 fully saturated rings. The first-order valence-electron chi connectivity index (χ1n) is 8.45. The van der Waals surface area contributed by atoms with Crippen molar-refractivity contribution in [2.45, 2.75) is 50.9 Å². The van der Waals surface area contributed by atoms with Gasteiger partial charge in [-0.1, -0.05) is 5.16 Å². The molecule has 1 aliphatic carbocycles. The fourth-order valence-electron chi connectivity index (χ4n) is 2.96. The maximum Gasteiger partial charge on any atom is 0.252 e. The first kappa shape index (κ1) is 15.3. The third kappa shape index (κ3) is 3.64. The van der Waals surface area contributed by atoms with Crippen LogP contribution in [0.3, 0.4) is 0 Å². The number of amides is 1. The van der Waals surface area contributed by atoms with E-state index in [0.29, 0.717) is 31.5 Å². The van der Waals surface area contributed by atoms with E-state index < -0.39 is 0 Å². The van der Waals surface area contributed by atoms with Crippen LogP contribution in [0.25, 0.3) is 0 Å². The topological polar surface area (TPSA) is 86.3 Å². The zero-order chi connectivity index (χ0) is 16.4. The molecule has 128 valence electrons. The van der Waals surface area contributed by atoms with Gasteiger partial charge in [0.2, 0.25) is 5.91 Å². The Morgan fingerprint density at radius 2 is 2.29 bits per heavy atom. The van der Waals surface area contributed by atoms with Crippen LogP contribution in [0.4, 0.5) is 0 Å². The highest BCUT2D eigenvalue weighted by Crippen LogP contribution is 2.38. The van der Waals surface area contributed by atoms with Crippen LogP contribution in [0.15, 0.2) is 23.2 Å². The van der Waals surface area contributed by atoms with E-state index in [0.717, 1.165) is 38.1 Å². The molecule has 2 aliphatic rings. The summed E-state index contributed by atoms with van der Waals surface area (Å²) in [5.74, 6) is 1.90. The predicted octanol–water partition coefficient (Wildman–Crippen LogP) is 1.35. The molecule has 1 saturated heterocycles. The SMILES string of the molecule is O=C(Cn1ccnc1)N1CCCC(OCc2nc(C3CC3)no2)C1. The number of rotatable bonds is 6. The van der Waals surface area contributed by atoms with Crippen molar-refractivity contribution >= 4 is 5.91 Å². The highest BCUT2D eigenvalue weighted by molar-refractivity contribution is 5.76. The zero-order valence-corrected chi connectivity index (χ0v) is 13.5. The molecule has 1 atom stereocenters. The molecule has 8 heteroatoms. The first-order chi connectivity index (χ1) is 11.8. The van der Waals surface area contributed by atoms with Gasteiger partial charge in [0, 0.05) is 31.4 Å². The molecule has 2 aromatic heterocycles. The Morgan fingerprint density at radius 1 is 1.38 bits per heavy atom. The monoisotopic (exact) mass is 331 g/mol. The third-order valence-corrected chi connectivity index (χ3v) is 4.48. The molecule has 1 unspecified atom stereocenters. The Balaban J connectivity index is 1.27. The van der Waals surface area contributed by atoms with Gasteiger partial charge in [0.05, 0.1) is 12.4 Å². The minimum atomic E-state index is 0.0155. The van der Waals surface area contributed by atoms with Crippen LogP contribution < -0.4 is 0 Å². The van der Waals surface area contributed by atoms with Crippen molar-refractivity contribution in [2.75, 3.05) is 13.1 Å². The average molecular weight is 331 g/mol. The van der Waals surface area contributed by atoms with Crippen LogP contribution in [0.2, 0.25) is 0 Å². The second kappa shape index (κ2) is 6.72. The number of piperidine rings is 1. The van der Waals surface area contributed by atoms with Gasteiger partial charge >= 0.3 is 0 Å². The van der Waals surface area contributed by atoms with Gasteiger partial charge in [-0.2, -0.15) is 4.98 Å². The normalized spacial score (nSPS) is 21.2. The van der Waals surface area contributed by atoms with Gasteiger partial charge in [-0.25, -0.2) is 4.98 Å². The van der Waals surface area contributed by atoms with Gasteiger partial charge in [-0.05, 0) is 25.7 Å². The zero-order valence-electron chi connectivity index (χ0n) is 13.5. The number of aromatic nitrogens is 4. The molecule has 3 heterocycles. The van der Waals surface area contributed by atoms with E-state index in [9.17, 15) is 4.79 Å². The van der Waals surface area contributed by atoms with Crippen molar-refractivity contribution in [2.24, 2.45) is 0 Å². The van der Waals surface area contributed by atoms with Crippen LogP contribution in [-0.4, -0.2) is 49.7 Å². The van der Waals surface area contributed by atoms with E-state index in [1.165, 1.54) is 0 Å². The summed E-state index contributed by atoms with van der Waals surface area (Å²) in [6.07, 6.45) is 9.33. The van der Waals surface area contributed by atoms with Crippen LogP contribution in [0.5, 0.6) is 0 Å². The van der Waals surface area contributed by atoms with Crippen molar-refractivity contribution in [3.8, 4) is 0 Å². The first-order valence-corrected chi connectivity index (χ1v) is 8.45. The molecule has 1 aliphatic heterocycles. The molecule has 24 heavy (non-hydrogen) atoms. The lowest BCUT2D eigenvalue weighted by Gasteiger charge is -2.32. The third-order valence-electron chi connectivity index (χ3n) is 4.48. The fourth-order valence-corrected chi connectivity index (χ4v) is 2.96. The second-order valence-corrected chi connectivity index (χ2v) is 6.47. The molecule has 0 spiro atoms. The van der Waals surface area contributed by atoms with E-state index in [2.05, 4.69) is 15.1 Å². The molecular weight excluding hydrogens is 310 g/mol. The van der Waals surface area contributed by atoms with E-state index in [-0.39, 0.29) is 12.0 Å². The van der Waals surface area contributed by atoms with Crippen molar-refractivity contribution < 1.29 is 14.1 Å². The largest absolute Gasteiger partial charge is 0.367 e. The van der Waals surface area contributed by atoms with Crippen LogP contribution in [0.1, 0.15) is 43.3 Å².